The summed E-state index contributed by atoms with van der Waals surface area (Å²) in [6, 6.07) is 6.65. The molecule has 1 aliphatic heterocycles. The molecule has 0 fully saturated rings. The molecule has 124 valence electrons. The van der Waals surface area contributed by atoms with Gasteiger partial charge in [0.1, 0.15) is 0 Å². The van der Waals surface area contributed by atoms with Gasteiger partial charge in [-0.3, -0.25) is 19.3 Å². The van der Waals surface area contributed by atoms with E-state index in [1.807, 2.05) is 0 Å². The first-order chi connectivity index (χ1) is 11.5. The summed E-state index contributed by atoms with van der Waals surface area (Å²) in [6.45, 7) is 1.98. The van der Waals surface area contributed by atoms with E-state index in [-0.39, 0.29) is 36.5 Å². The third kappa shape index (κ3) is 2.88. The minimum atomic E-state index is -0.398. The summed E-state index contributed by atoms with van der Waals surface area (Å²) >= 11 is 1.15. The molecule has 0 saturated heterocycles. The minimum Gasteiger partial charge on any atom is -0.466 e. The van der Waals surface area contributed by atoms with Crippen molar-refractivity contribution >= 4 is 34.3 Å². The molecule has 0 spiro atoms. The maximum absolute atomic E-state index is 12.4. The molecule has 24 heavy (non-hydrogen) atoms. The molecule has 1 aliphatic rings. The smallest absolute Gasteiger partial charge is 0.311 e. The van der Waals surface area contributed by atoms with Crippen molar-refractivity contribution in [3.05, 3.63) is 46.0 Å². The zero-order valence-electron chi connectivity index (χ0n) is 12.9. The second-order valence-corrected chi connectivity index (χ2v) is 6.26. The molecule has 0 bridgehead atoms. The molecule has 2 N–H and O–H groups in total. The van der Waals surface area contributed by atoms with E-state index in [0.29, 0.717) is 21.7 Å². The van der Waals surface area contributed by atoms with Crippen LogP contribution in [0.5, 0.6) is 0 Å². The first-order valence-electron chi connectivity index (χ1n) is 7.36. The number of amides is 2. The molecule has 7 nitrogen and oxygen atoms in total. The van der Waals surface area contributed by atoms with Gasteiger partial charge in [0.15, 0.2) is 5.13 Å². The van der Waals surface area contributed by atoms with Crippen LogP contribution in [0, 0.1) is 0 Å². The van der Waals surface area contributed by atoms with Crippen molar-refractivity contribution in [3.8, 4) is 0 Å². The lowest BCUT2D eigenvalue weighted by Gasteiger charge is -2.13. The fraction of sp³-hybridized carbons (Fsp3) is 0.250. The van der Waals surface area contributed by atoms with Crippen LogP contribution in [0.4, 0.5) is 5.13 Å². The molecule has 2 amide bonds. The van der Waals surface area contributed by atoms with E-state index in [0.717, 1.165) is 16.2 Å². The van der Waals surface area contributed by atoms with Crippen molar-refractivity contribution < 1.29 is 19.1 Å². The lowest BCUT2D eigenvalue weighted by Crippen LogP contribution is -2.29. The van der Waals surface area contributed by atoms with Crippen molar-refractivity contribution in [2.24, 2.45) is 0 Å². The Kier molecular flexibility index (Phi) is 4.30. The highest BCUT2D eigenvalue weighted by Crippen LogP contribution is 2.28. The van der Waals surface area contributed by atoms with Crippen LogP contribution in [0.3, 0.4) is 0 Å². The first-order valence-corrected chi connectivity index (χ1v) is 8.17. The molecule has 1 aromatic heterocycles. The summed E-state index contributed by atoms with van der Waals surface area (Å²) in [7, 11) is 0. The number of nitrogens with zero attached hydrogens (tertiary/aromatic N) is 2. The van der Waals surface area contributed by atoms with Gasteiger partial charge in [0.25, 0.3) is 11.8 Å². The number of hydrogen-bond donors (Lipinski definition) is 1. The number of ether oxygens (including phenoxy) is 1. The van der Waals surface area contributed by atoms with Crippen LogP contribution >= 0.6 is 11.3 Å². The number of imide groups is 1. The average molecular weight is 345 g/mol. The third-order valence-corrected chi connectivity index (χ3v) is 4.52. The molecule has 1 aromatic carbocycles. The number of esters is 1. The number of aromatic nitrogens is 1. The zero-order chi connectivity index (χ0) is 17.3. The highest BCUT2D eigenvalue weighted by molar-refractivity contribution is 7.15. The van der Waals surface area contributed by atoms with Crippen LogP contribution in [-0.2, 0) is 22.5 Å². The predicted molar refractivity (Wildman–Crippen MR) is 87.5 cm³/mol. The molecular formula is C16H15N3O4S. The lowest BCUT2D eigenvalue weighted by molar-refractivity contribution is -0.142. The van der Waals surface area contributed by atoms with E-state index >= 15 is 0 Å². The largest absolute Gasteiger partial charge is 0.466 e. The standard InChI is InChI=1S/C16H15N3O4S/c1-2-23-13(20)7-12-11(18-16(17)24-12)8-19-14(21)9-5-3-4-6-10(9)15(19)22/h3-6H,2,7-8H2,1H3,(H2,17,18). The van der Waals surface area contributed by atoms with Crippen LogP contribution in [0.1, 0.15) is 38.2 Å². The van der Waals surface area contributed by atoms with Gasteiger partial charge in [0.05, 0.1) is 36.4 Å². The van der Waals surface area contributed by atoms with Gasteiger partial charge in [-0.2, -0.15) is 0 Å². The van der Waals surface area contributed by atoms with Gasteiger partial charge in [-0.15, -0.1) is 11.3 Å². The predicted octanol–water partition coefficient (Wildman–Crippen LogP) is 1.63. The second-order valence-electron chi connectivity index (χ2n) is 5.15. The molecule has 0 saturated carbocycles. The molecule has 0 aliphatic carbocycles. The van der Waals surface area contributed by atoms with Crippen molar-refractivity contribution in [2.45, 2.75) is 19.9 Å². The monoisotopic (exact) mass is 345 g/mol. The topological polar surface area (TPSA) is 103 Å². The lowest BCUT2D eigenvalue weighted by atomic mass is 10.1. The van der Waals surface area contributed by atoms with Gasteiger partial charge in [-0.25, -0.2) is 4.98 Å². The molecule has 2 heterocycles. The molecule has 0 unspecified atom stereocenters. The number of rotatable bonds is 5. The third-order valence-electron chi connectivity index (χ3n) is 3.59. The normalized spacial score (nSPS) is 13.3. The van der Waals surface area contributed by atoms with Crippen molar-refractivity contribution in [1.29, 1.82) is 0 Å². The van der Waals surface area contributed by atoms with Crippen LogP contribution in [-0.4, -0.2) is 34.3 Å². The van der Waals surface area contributed by atoms with Crippen LogP contribution in [0.25, 0.3) is 0 Å². The molecule has 2 aromatic rings. The van der Waals surface area contributed by atoms with Gasteiger partial charge in [0.2, 0.25) is 0 Å². The summed E-state index contributed by atoms with van der Waals surface area (Å²) in [6.07, 6.45) is 0.0151. The van der Waals surface area contributed by atoms with Crippen molar-refractivity contribution in [1.82, 2.24) is 9.88 Å². The van der Waals surface area contributed by atoms with Crippen molar-refractivity contribution in [2.75, 3.05) is 12.3 Å². The number of carbonyl (C=O) groups excluding carboxylic acids is 3. The van der Waals surface area contributed by atoms with Gasteiger partial charge in [0, 0.05) is 4.88 Å². The fourth-order valence-electron chi connectivity index (χ4n) is 2.54. The Bertz CT molecular complexity index is 795. The Balaban J connectivity index is 1.84. The Morgan fingerprint density at radius 1 is 1.25 bits per heavy atom. The van der Waals surface area contributed by atoms with E-state index in [1.54, 1.807) is 31.2 Å². The summed E-state index contributed by atoms with van der Waals surface area (Å²) in [5, 5.41) is 0.279. The van der Waals surface area contributed by atoms with E-state index in [1.165, 1.54) is 0 Å². The second kappa shape index (κ2) is 6.40. The average Bonchev–Trinajstić information content (AvgIpc) is 3.01. The first kappa shape index (κ1) is 16.1. The van der Waals surface area contributed by atoms with Gasteiger partial charge < -0.3 is 10.5 Å². The van der Waals surface area contributed by atoms with E-state index < -0.39 is 5.97 Å². The maximum Gasteiger partial charge on any atom is 0.311 e. The number of carbonyl (C=O) groups is 3. The Labute approximate surface area is 142 Å². The SMILES string of the molecule is CCOC(=O)Cc1sc(N)nc1CN1C(=O)c2ccccc2C1=O. The number of fused-ring (bicyclic) bond motifs is 1. The molecule has 0 atom stereocenters. The molecule has 3 rings (SSSR count). The number of benzene rings is 1. The van der Waals surface area contributed by atoms with Crippen LogP contribution in [0.15, 0.2) is 24.3 Å². The highest BCUT2D eigenvalue weighted by atomic mass is 32.1. The van der Waals surface area contributed by atoms with Crippen LogP contribution in [0.2, 0.25) is 0 Å². The summed E-state index contributed by atoms with van der Waals surface area (Å²) < 4.78 is 4.92. The summed E-state index contributed by atoms with van der Waals surface area (Å²) in [4.78, 5) is 42.4. The number of nitrogens with two attached hydrogens (primary N) is 1. The number of anilines is 1. The number of hydrogen-bond acceptors (Lipinski definition) is 7. The highest BCUT2D eigenvalue weighted by Gasteiger charge is 2.36. The minimum absolute atomic E-state index is 0.0151. The number of thiazole rings is 1. The Morgan fingerprint density at radius 3 is 2.46 bits per heavy atom. The van der Waals surface area contributed by atoms with E-state index in [9.17, 15) is 14.4 Å². The van der Waals surface area contributed by atoms with Gasteiger partial charge in [-0.05, 0) is 19.1 Å². The zero-order valence-corrected chi connectivity index (χ0v) is 13.8. The van der Waals surface area contributed by atoms with Crippen LogP contribution < -0.4 is 5.73 Å². The summed E-state index contributed by atoms with van der Waals surface area (Å²) in [5.74, 6) is -1.14. The number of nitrogen functional groups attached to an aromatic ring is 1. The fourth-order valence-corrected chi connectivity index (χ4v) is 3.37. The van der Waals surface area contributed by atoms with Gasteiger partial charge >= 0.3 is 5.97 Å². The Hall–Kier alpha value is -2.74. The summed E-state index contributed by atoms with van der Waals surface area (Å²) in [5.41, 5.74) is 6.91. The van der Waals surface area contributed by atoms with E-state index in [2.05, 4.69) is 4.98 Å². The molecule has 0 radical (unpaired) electrons. The Morgan fingerprint density at radius 2 is 1.88 bits per heavy atom. The van der Waals surface area contributed by atoms with E-state index in [4.69, 9.17) is 10.5 Å². The molecular weight excluding hydrogens is 330 g/mol. The molecule has 8 heteroatoms. The van der Waals surface area contributed by atoms with Gasteiger partial charge in [-0.1, -0.05) is 12.1 Å². The quantitative estimate of drug-likeness (QED) is 0.652. The van der Waals surface area contributed by atoms with Crippen molar-refractivity contribution in [3.63, 3.8) is 0 Å². The maximum atomic E-state index is 12.4.